The molecule has 4 heteroatoms. The number of ketones is 2. The predicted molar refractivity (Wildman–Crippen MR) is 77.7 cm³/mol. The Balaban J connectivity index is 1.83. The number of carbonyl (C=O) groups excluding carboxylic acids is 2. The molecular weight excluding hydrogens is 266 g/mol. The maximum atomic E-state index is 12.9. The van der Waals surface area contributed by atoms with Gasteiger partial charge in [-0.05, 0) is 57.0 Å². The van der Waals surface area contributed by atoms with Crippen molar-refractivity contribution < 1.29 is 14.7 Å². The van der Waals surface area contributed by atoms with Crippen molar-refractivity contribution in [1.29, 1.82) is 0 Å². The number of aliphatic hydroxyl groups is 1. The number of rotatable bonds is 0. The van der Waals surface area contributed by atoms with Gasteiger partial charge in [-0.3, -0.25) is 9.59 Å². The van der Waals surface area contributed by atoms with Crippen LogP contribution in [-0.2, 0) is 9.59 Å². The third kappa shape index (κ3) is 1.58. The van der Waals surface area contributed by atoms with E-state index < -0.39 is 11.5 Å². The minimum absolute atomic E-state index is 0.0384. The van der Waals surface area contributed by atoms with Crippen molar-refractivity contribution in [3.8, 4) is 0 Å². The zero-order chi connectivity index (χ0) is 14.8. The second-order valence-corrected chi connectivity index (χ2v) is 7.94. The summed E-state index contributed by atoms with van der Waals surface area (Å²) in [6.45, 7) is 1.85. The van der Waals surface area contributed by atoms with E-state index in [4.69, 9.17) is 0 Å². The van der Waals surface area contributed by atoms with Gasteiger partial charge >= 0.3 is 0 Å². The molecule has 1 aliphatic heterocycles. The van der Waals surface area contributed by atoms with Gasteiger partial charge in [0.1, 0.15) is 11.6 Å². The van der Waals surface area contributed by atoms with E-state index >= 15 is 0 Å². The fourth-order valence-electron chi connectivity index (χ4n) is 6.22. The third-order valence-electron chi connectivity index (χ3n) is 7.20. The summed E-state index contributed by atoms with van der Waals surface area (Å²) in [6, 6.07) is 0. The topological polar surface area (TPSA) is 57.6 Å². The first kappa shape index (κ1) is 13.9. The molecule has 5 rings (SSSR count). The number of nitrogens with zero attached hydrogens (tertiary/aromatic N) is 1. The van der Waals surface area contributed by atoms with Crippen molar-refractivity contribution in [3.63, 3.8) is 0 Å². The molecule has 4 aliphatic carbocycles. The number of hydrogen-bond donors (Lipinski definition) is 1. The van der Waals surface area contributed by atoms with Crippen LogP contribution in [0.25, 0.3) is 0 Å². The molecule has 4 nitrogen and oxygen atoms in total. The van der Waals surface area contributed by atoms with Crippen LogP contribution in [0.5, 0.6) is 0 Å². The van der Waals surface area contributed by atoms with E-state index in [0.29, 0.717) is 37.4 Å². The molecule has 1 spiro atoms. The molecule has 4 bridgehead atoms. The molecular formula is C17H25NO3. The van der Waals surface area contributed by atoms with E-state index in [-0.39, 0.29) is 17.1 Å². The van der Waals surface area contributed by atoms with Crippen LogP contribution in [0.1, 0.15) is 44.9 Å². The van der Waals surface area contributed by atoms with Gasteiger partial charge in [0.25, 0.3) is 0 Å². The van der Waals surface area contributed by atoms with E-state index in [0.717, 1.165) is 32.4 Å². The monoisotopic (exact) mass is 291 g/mol. The lowest BCUT2D eigenvalue weighted by Crippen LogP contribution is -2.61. The van der Waals surface area contributed by atoms with E-state index in [1.807, 2.05) is 0 Å². The Morgan fingerprint density at radius 1 is 1.29 bits per heavy atom. The molecule has 4 saturated carbocycles. The summed E-state index contributed by atoms with van der Waals surface area (Å²) in [5.74, 6) is 1.01. The number of fused-ring (bicyclic) bond motifs is 1. The molecule has 1 heterocycles. The van der Waals surface area contributed by atoms with Gasteiger partial charge in [0, 0.05) is 25.3 Å². The Kier molecular flexibility index (Phi) is 2.90. The van der Waals surface area contributed by atoms with Crippen LogP contribution < -0.4 is 0 Å². The number of hydrogen-bond acceptors (Lipinski definition) is 4. The number of Topliss-reactive ketones (excluding diaryl/α,β-unsaturated/α-hetero) is 2. The molecule has 0 amide bonds. The molecule has 5 atom stereocenters. The molecule has 0 aromatic rings. The molecule has 1 N–H and O–H groups in total. The van der Waals surface area contributed by atoms with Gasteiger partial charge in [-0.1, -0.05) is 0 Å². The van der Waals surface area contributed by atoms with Gasteiger partial charge in [0.15, 0.2) is 0 Å². The van der Waals surface area contributed by atoms with Gasteiger partial charge in [-0.15, -0.1) is 0 Å². The van der Waals surface area contributed by atoms with Gasteiger partial charge < -0.3 is 10.0 Å². The zero-order valence-electron chi connectivity index (χ0n) is 12.8. The molecule has 0 aromatic heterocycles. The van der Waals surface area contributed by atoms with Crippen molar-refractivity contribution in [1.82, 2.24) is 4.90 Å². The summed E-state index contributed by atoms with van der Waals surface area (Å²) in [6.07, 6.45) is 4.76. The highest BCUT2D eigenvalue weighted by atomic mass is 16.3. The van der Waals surface area contributed by atoms with Crippen LogP contribution >= 0.6 is 0 Å². The van der Waals surface area contributed by atoms with Crippen molar-refractivity contribution in [2.45, 2.75) is 51.0 Å². The number of aliphatic hydroxyl groups excluding tert-OH is 1. The average molecular weight is 291 g/mol. The summed E-state index contributed by atoms with van der Waals surface area (Å²) in [4.78, 5) is 27.5. The maximum Gasteiger partial charge on any atom is 0.142 e. The van der Waals surface area contributed by atoms with Crippen molar-refractivity contribution in [3.05, 3.63) is 0 Å². The summed E-state index contributed by atoms with van der Waals surface area (Å²) >= 11 is 0. The molecule has 1 saturated heterocycles. The average Bonchev–Trinajstić information content (AvgIpc) is 2.60. The Bertz CT molecular complexity index is 504. The third-order valence-corrected chi connectivity index (χ3v) is 7.20. The summed E-state index contributed by atoms with van der Waals surface area (Å²) in [5, 5.41) is 10.9. The van der Waals surface area contributed by atoms with Crippen LogP contribution in [-0.4, -0.2) is 47.8 Å². The van der Waals surface area contributed by atoms with E-state index in [2.05, 4.69) is 11.9 Å². The Labute approximate surface area is 125 Å². The van der Waals surface area contributed by atoms with Crippen LogP contribution in [0.15, 0.2) is 0 Å². The van der Waals surface area contributed by atoms with Gasteiger partial charge in [0.2, 0.25) is 0 Å². The first-order chi connectivity index (χ1) is 9.99. The molecule has 0 aromatic carbocycles. The highest BCUT2D eigenvalue weighted by Gasteiger charge is 2.73. The SMILES string of the molecule is CN1CCC[C@@]23CC(=O)C4CC2CC(=O)[C@@]3(C4)[C@@H](O)CC1. The molecule has 5 fully saturated rings. The van der Waals surface area contributed by atoms with Crippen molar-refractivity contribution >= 4 is 11.6 Å². The molecule has 2 unspecified atom stereocenters. The van der Waals surface area contributed by atoms with E-state index in [1.165, 1.54) is 0 Å². The summed E-state index contributed by atoms with van der Waals surface area (Å²) < 4.78 is 0. The highest BCUT2D eigenvalue weighted by molar-refractivity contribution is 5.96. The van der Waals surface area contributed by atoms with Gasteiger partial charge in [-0.25, -0.2) is 0 Å². The van der Waals surface area contributed by atoms with E-state index in [9.17, 15) is 14.7 Å². The molecule has 5 aliphatic rings. The molecule has 0 radical (unpaired) electrons. The predicted octanol–water partition coefficient (Wildman–Crippen LogP) is 1.41. The minimum atomic E-state index is -0.598. The first-order valence-corrected chi connectivity index (χ1v) is 8.42. The smallest absolute Gasteiger partial charge is 0.142 e. The van der Waals surface area contributed by atoms with Gasteiger partial charge in [-0.2, -0.15) is 0 Å². The quantitative estimate of drug-likeness (QED) is 0.733. The van der Waals surface area contributed by atoms with Crippen LogP contribution in [0.3, 0.4) is 0 Å². The van der Waals surface area contributed by atoms with Gasteiger partial charge in [0.05, 0.1) is 11.5 Å². The molecule has 116 valence electrons. The fourth-order valence-corrected chi connectivity index (χ4v) is 6.22. The first-order valence-electron chi connectivity index (χ1n) is 8.42. The lowest BCUT2D eigenvalue weighted by molar-refractivity contribution is -0.176. The largest absolute Gasteiger partial charge is 0.392 e. The zero-order valence-corrected chi connectivity index (χ0v) is 12.8. The van der Waals surface area contributed by atoms with Crippen LogP contribution in [0, 0.1) is 22.7 Å². The van der Waals surface area contributed by atoms with Crippen LogP contribution in [0.2, 0.25) is 0 Å². The molecule has 21 heavy (non-hydrogen) atoms. The lowest BCUT2D eigenvalue weighted by atomic mass is 9.44. The Morgan fingerprint density at radius 3 is 2.90 bits per heavy atom. The maximum absolute atomic E-state index is 12.9. The summed E-state index contributed by atoms with van der Waals surface area (Å²) in [5.41, 5.74) is -0.819. The lowest BCUT2D eigenvalue weighted by Gasteiger charge is -2.58. The van der Waals surface area contributed by atoms with E-state index in [1.54, 1.807) is 0 Å². The standard InChI is InChI=1S/C17H25NO3/c1-18-5-2-4-16-10-13(19)11-7-12(16)8-15(21)17(16,9-11)14(20)3-6-18/h11-12,14,20H,2-10H2,1H3/t11?,12?,14-,16+,17+/m0/s1. The summed E-state index contributed by atoms with van der Waals surface area (Å²) in [7, 11) is 2.08. The minimum Gasteiger partial charge on any atom is -0.392 e. The Hall–Kier alpha value is -0.740. The second kappa shape index (κ2) is 4.39. The number of carbonyl (C=O) groups is 2. The van der Waals surface area contributed by atoms with Crippen molar-refractivity contribution in [2.75, 3.05) is 20.1 Å². The normalized spacial score (nSPS) is 50.5. The van der Waals surface area contributed by atoms with Crippen molar-refractivity contribution in [2.24, 2.45) is 22.7 Å². The highest BCUT2D eigenvalue weighted by Crippen LogP contribution is 2.71. The Morgan fingerprint density at radius 2 is 2.10 bits per heavy atom. The van der Waals surface area contributed by atoms with Crippen LogP contribution in [0.4, 0.5) is 0 Å². The second-order valence-electron chi connectivity index (χ2n) is 7.94. The fraction of sp³-hybridized carbons (Fsp3) is 0.882.